The average molecular weight is 259 g/mol. The third-order valence-corrected chi connectivity index (χ3v) is 4.14. The maximum atomic E-state index is 4.74. The Hall–Kier alpha value is -1.26. The highest BCUT2D eigenvalue weighted by molar-refractivity contribution is 7.13. The van der Waals surface area contributed by atoms with E-state index in [9.17, 15) is 0 Å². The van der Waals surface area contributed by atoms with Crippen LogP contribution in [-0.4, -0.2) is 16.5 Å². The van der Waals surface area contributed by atoms with E-state index >= 15 is 0 Å². The maximum absolute atomic E-state index is 4.74. The first-order valence-corrected chi connectivity index (χ1v) is 7.25. The van der Waals surface area contributed by atoms with Gasteiger partial charge in [0.15, 0.2) is 0 Å². The largest absolute Gasteiger partial charge is 0.309 e. The lowest BCUT2D eigenvalue weighted by Gasteiger charge is -2.05. The van der Waals surface area contributed by atoms with Crippen LogP contribution in [0.5, 0.6) is 0 Å². The number of aryl methyl sites for hydroxylation is 2. The van der Waals surface area contributed by atoms with Crippen molar-refractivity contribution in [3.05, 3.63) is 34.5 Å². The van der Waals surface area contributed by atoms with E-state index in [4.69, 9.17) is 4.98 Å². The lowest BCUT2D eigenvalue weighted by molar-refractivity contribution is 0.632. The standard InChI is InChI=1S/C14H17N3S/c1-9-6-10(2)16-12(7-9)14-17-13(8-18-14)11-4-3-5-15-11/h6-8,11,15H,3-5H2,1-2H3/t11-/m0/s1. The van der Waals surface area contributed by atoms with Crippen LogP contribution in [0.15, 0.2) is 17.5 Å². The molecule has 0 radical (unpaired) electrons. The Balaban J connectivity index is 1.92. The Morgan fingerprint density at radius 1 is 1.28 bits per heavy atom. The predicted octanol–water partition coefficient (Wildman–Crippen LogP) is 3.25. The van der Waals surface area contributed by atoms with Gasteiger partial charge in [-0.1, -0.05) is 0 Å². The Kier molecular flexibility index (Phi) is 3.14. The summed E-state index contributed by atoms with van der Waals surface area (Å²) in [5, 5.41) is 6.68. The molecule has 1 aliphatic rings. The topological polar surface area (TPSA) is 37.8 Å². The predicted molar refractivity (Wildman–Crippen MR) is 74.8 cm³/mol. The number of aromatic nitrogens is 2. The van der Waals surface area contributed by atoms with Gasteiger partial charge in [-0.3, -0.25) is 4.98 Å². The van der Waals surface area contributed by atoms with Gasteiger partial charge in [0.2, 0.25) is 0 Å². The zero-order valence-electron chi connectivity index (χ0n) is 10.7. The van der Waals surface area contributed by atoms with Crippen molar-refractivity contribution < 1.29 is 0 Å². The highest BCUT2D eigenvalue weighted by Crippen LogP contribution is 2.29. The average Bonchev–Trinajstić information content (AvgIpc) is 2.99. The molecule has 3 rings (SSSR count). The number of rotatable bonds is 2. The van der Waals surface area contributed by atoms with Crippen LogP contribution in [0.4, 0.5) is 0 Å². The van der Waals surface area contributed by atoms with E-state index in [-0.39, 0.29) is 0 Å². The highest BCUT2D eigenvalue weighted by Gasteiger charge is 2.19. The van der Waals surface area contributed by atoms with Gasteiger partial charge in [0, 0.05) is 11.1 Å². The molecule has 1 aliphatic heterocycles. The van der Waals surface area contributed by atoms with Crippen molar-refractivity contribution in [1.29, 1.82) is 0 Å². The molecule has 1 fully saturated rings. The van der Waals surface area contributed by atoms with Gasteiger partial charge in [0.25, 0.3) is 0 Å². The van der Waals surface area contributed by atoms with Crippen molar-refractivity contribution in [1.82, 2.24) is 15.3 Å². The van der Waals surface area contributed by atoms with E-state index in [2.05, 4.69) is 34.7 Å². The van der Waals surface area contributed by atoms with Crippen LogP contribution in [-0.2, 0) is 0 Å². The van der Waals surface area contributed by atoms with Crippen molar-refractivity contribution in [2.45, 2.75) is 32.7 Å². The van der Waals surface area contributed by atoms with Crippen LogP contribution in [0.1, 0.15) is 35.8 Å². The van der Waals surface area contributed by atoms with Crippen molar-refractivity contribution in [2.75, 3.05) is 6.54 Å². The fraction of sp³-hybridized carbons (Fsp3) is 0.429. The third-order valence-electron chi connectivity index (χ3n) is 3.26. The molecule has 18 heavy (non-hydrogen) atoms. The van der Waals surface area contributed by atoms with Crippen molar-refractivity contribution in [3.8, 4) is 10.7 Å². The zero-order chi connectivity index (χ0) is 12.5. The number of pyridine rings is 1. The number of nitrogens with one attached hydrogen (secondary N) is 1. The van der Waals surface area contributed by atoms with E-state index in [1.807, 2.05) is 6.92 Å². The fourth-order valence-electron chi connectivity index (χ4n) is 2.45. The maximum Gasteiger partial charge on any atom is 0.142 e. The Morgan fingerprint density at radius 3 is 2.89 bits per heavy atom. The normalized spacial score (nSPS) is 19.3. The van der Waals surface area contributed by atoms with Crippen molar-refractivity contribution in [2.24, 2.45) is 0 Å². The van der Waals surface area contributed by atoms with Crippen molar-refractivity contribution >= 4 is 11.3 Å². The van der Waals surface area contributed by atoms with Crippen LogP contribution in [0.2, 0.25) is 0 Å². The van der Waals surface area contributed by atoms with Crippen LogP contribution < -0.4 is 5.32 Å². The van der Waals surface area contributed by atoms with Gasteiger partial charge in [-0.05, 0) is 50.9 Å². The van der Waals surface area contributed by atoms with E-state index in [1.54, 1.807) is 11.3 Å². The van der Waals surface area contributed by atoms with E-state index in [0.717, 1.165) is 22.9 Å². The molecule has 2 aromatic heterocycles. The second-order valence-electron chi connectivity index (χ2n) is 4.90. The van der Waals surface area contributed by atoms with Gasteiger partial charge in [0.05, 0.1) is 17.4 Å². The van der Waals surface area contributed by atoms with E-state index < -0.39 is 0 Å². The minimum absolute atomic E-state index is 0.445. The summed E-state index contributed by atoms with van der Waals surface area (Å²) in [7, 11) is 0. The Labute approximate surface area is 111 Å². The monoisotopic (exact) mass is 259 g/mol. The Morgan fingerprint density at radius 2 is 2.17 bits per heavy atom. The quantitative estimate of drug-likeness (QED) is 0.899. The molecule has 3 heterocycles. The smallest absolute Gasteiger partial charge is 0.142 e. The molecule has 0 spiro atoms. The number of nitrogens with zero attached hydrogens (tertiary/aromatic N) is 2. The van der Waals surface area contributed by atoms with Gasteiger partial charge >= 0.3 is 0 Å². The van der Waals surface area contributed by atoms with Crippen molar-refractivity contribution in [3.63, 3.8) is 0 Å². The summed E-state index contributed by atoms with van der Waals surface area (Å²) in [4.78, 5) is 9.31. The second-order valence-corrected chi connectivity index (χ2v) is 5.76. The van der Waals surface area contributed by atoms with E-state index in [0.29, 0.717) is 6.04 Å². The van der Waals surface area contributed by atoms with Crippen LogP contribution in [0, 0.1) is 13.8 Å². The number of thiazole rings is 1. The molecule has 0 aromatic carbocycles. The molecule has 0 saturated carbocycles. The SMILES string of the molecule is Cc1cc(C)nc(-c2nc([C@@H]3CCCN3)cs2)c1. The molecule has 0 unspecified atom stereocenters. The summed E-state index contributed by atoms with van der Waals surface area (Å²) in [6.45, 7) is 5.24. The lowest BCUT2D eigenvalue weighted by Crippen LogP contribution is -2.12. The molecule has 0 bridgehead atoms. The van der Waals surface area contributed by atoms with Gasteiger partial charge < -0.3 is 5.32 Å². The number of hydrogen-bond acceptors (Lipinski definition) is 4. The lowest BCUT2D eigenvalue weighted by atomic mass is 10.2. The van der Waals surface area contributed by atoms with Gasteiger partial charge in [-0.25, -0.2) is 4.98 Å². The Bertz CT molecular complexity index is 536. The van der Waals surface area contributed by atoms with Gasteiger partial charge in [0.1, 0.15) is 5.01 Å². The molecule has 3 nitrogen and oxygen atoms in total. The molecule has 4 heteroatoms. The molecule has 94 valence electrons. The molecular weight excluding hydrogens is 242 g/mol. The third kappa shape index (κ3) is 2.31. The summed E-state index contributed by atoms with van der Waals surface area (Å²) >= 11 is 1.69. The minimum Gasteiger partial charge on any atom is -0.309 e. The molecule has 0 aliphatic carbocycles. The summed E-state index contributed by atoms with van der Waals surface area (Å²) < 4.78 is 0. The first-order valence-electron chi connectivity index (χ1n) is 6.37. The molecule has 2 aromatic rings. The summed E-state index contributed by atoms with van der Waals surface area (Å²) in [6.07, 6.45) is 2.45. The van der Waals surface area contributed by atoms with Crippen LogP contribution >= 0.6 is 11.3 Å². The molecule has 1 saturated heterocycles. The molecule has 1 atom stereocenters. The number of hydrogen-bond donors (Lipinski definition) is 1. The first kappa shape index (κ1) is 11.8. The second kappa shape index (κ2) is 4.78. The first-order chi connectivity index (χ1) is 8.72. The van der Waals surface area contributed by atoms with E-state index in [1.165, 1.54) is 24.1 Å². The zero-order valence-corrected chi connectivity index (χ0v) is 11.5. The molecule has 0 amide bonds. The van der Waals surface area contributed by atoms with Crippen LogP contribution in [0.25, 0.3) is 10.7 Å². The van der Waals surface area contributed by atoms with Gasteiger partial charge in [-0.2, -0.15) is 0 Å². The summed E-state index contributed by atoms with van der Waals surface area (Å²) in [5.74, 6) is 0. The summed E-state index contributed by atoms with van der Waals surface area (Å²) in [6, 6.07) is 4.65. The fourth-order valence-corrected chi connectivity index (χ4v) is 3.28. The molecular formula is C14H17N3S. The highest BCUT2D eigenvalue weighted by atomic mass is 32.1. The minimum atomic E-state index is 0.445. The van der Waals surface area contributed by atoms with Crippen LogP contribution in [0.3, 0.4) is 0 Å². The van der Waals surface area contributed by atoms with Gasteiger partial charge in [-0.15, -0.1) is 11.3 Å². The molecule has 1 N–H and O–H groups in total. The summed E-state index contributed by atoms with van der Waals surface area (Å²) in [5.41, 5.74) is 4.48.